The number of carbonyl (C=O) groups is 8. The predicted octanol–water partition coefficient (Wildman–Crippen LogP) is 3.13. The Labute approximate surface area is 368 Å². The fourth-order valence-corrected chi connectivity index (χ4v) is 10.5. The van der Waals surface area contributed by atoms with E-state index in [1.807, 2.05) is 20.8 Å². The van der Waals surface area contributed by atoms with Gasteiger partial charge in [-0.2, -0.15) is 0 Å². The number of hydrogen-bond donors (Lipinski definition) is 2. The first-order valence-electron chi connectivity index (χ1n) is 19.3. The number of benzene rings is 1. The Morgan fingerprint density at radius 1 is 0.508 bits per heavy atom. The molecule has 0 aliphatic carbocycles. The lowest BCUT2D eigenvalue weighted by Crippen LogP contribution is -2.65. The third-order valence-electron chi connectivity index (χ3n) is 9.78. The largest absolute Gasteiger partial charge is 0.463 e. The van der Waals surface area contributed by atoms with Crippen molar-refractivity contribution in [2.75, 3.05) is 13.2 Å². The topological polar surface area (TPSA) is 234 Å². The lowest BCUT2D eigenvalue weighted by molar-refractivity contribution is -0.211. The summed E-state index contributed by atoms with van der Waals surface area (Å²) in [5.74, 6) is -4.39. The third kappa shape index (κ3) is 14.5. The van der Waals surface area contributed by atoms with Crippen molar-refractivity contribution in [3.8, 4) is 0 Å². The molecule has 3 rings (SSSR count). The van der Waals surface area contributed by atoms with Crippen LogP contribution in [0.3, 0.4) is 0 Å². The summed E-state index contributed by atoms with van der Waals surface area (Å²) in [6.07, 6.45) is -7.11. The highest BCUT2D eigenvalue weighted by Gasteiger charge is 2.52. The van der Waals surface area contributed by atoms with Crippen molar-refractivity contribution in [1.82, 2.24) is 10.6 Å². The van der Waals surface area contributed by atoms with Crippen LogP contribution in [-0.2, 0) is 93.6 Å². The molecule has 0 radical (unpaired) electrons. The Bertz CT molecular complexity index is 1710. The number of thioether (sulfide) groups is 2. The molecule has 2 fully saturated rings. The predicted molar refractivity (Wildman–Crippen MR) is 221 cm³/mol. The van der Waals surface area contributed by atoms with Crippen LogP contribution in [0.15, 0.2) is 0 Å². The van der Waals surface area contributed by atoms with E-state index in [9.17, 15) is 38.4 Å². The van der Waals surface area contributed by atoms with E-state index >= 15 is 0 Å². The van der Waals surface area contributed by atoms with E-state index in [2.05, 4.69) is 10.6 Å². The average Bonchev–Trinajstić information content (AvgIpc) is 3.13. The van der Waals surface area contributed by atoms with E-state index in [0.717, 1.165) is 47.2 Å². The summed E-state index contributed by atoms with van der Waals surface area (Å²) in [6, 6.07) is -2.04. The summed E-state index contributed by atoms with van der Waals surface area (Å²) in [6.45, 7) is 14.7. The SMILES string of the molecule is CC(=O)N[C@@H]1[C@@H](OC(C)=O)[C@H](OC(C)=O)[C@@H](COC(C)=O)O[C@H]1SCc1c(C)c(CCl)c(C)c(CS[C@@H]2O[C@H](COC(C)=O)[C@@H](OC(C)=O)[C@H](OC(C)=O)[C@H]2NC(C)=O)c1C. The first-order valence-corrected chi connectivity index (χ1v) is 21.9. The quantitative estimate of drug-likeness (QED) is 0.130. The minimum Gasteiger partial charge on any atom is -0.463 e. The number of halogens is 1. The monoisotopic (exact) mass is 918 g/mol. The Morgan fingerprint density at radius 2 is 0.820 bits per heavy atom. The molecule has 0 bridgehead atoms. The van der Waals surface area contributed by atoms with E-state index in [0.29, 0.717) is 0 Å². The molecule has 2 N–H and O–H groups in total. The maximum atomic E-state index is 12.6. The highest BCUT2D eigenvalue weighted by Crippen LogP contribution is 2.40. The summed E-state index contributed by atoms with van der Waals surface area (Å²) in [7, 11) is 0. The van der Waals surface area contributed by atoms with Crippen molar-refractivity contribution < 1.29 is 76.3 Å². The number of amides is 2. The zero-order valence-corrected chi connectivity index (χ0v) is 38.4. The van der Waals surface area contributed by atoms with Gasteiger partial charge in [0.15, 0.2) is 24.4 Å². The molecule has 18 nitrogen and oxygen atoms in total. The van der Waals surface area contributed by atoms with Crippen molar-refractivity contribution in [3.63, 3.8) is 0 Å². The van der Waals surface area contributed by atoms with Crippen molar-refractivity contribution in [1.29, 1.82) is 0 Å². The fourth-order valence-electron chi connectivity index (χ4n) is 7.22. The highest BCUT2D eigenvalue weighted by atomic mass is 35.5. The summed E-state index contributed by atoms with van der Waals surface area (Å²) >= 11 is 9.11. The summed E-state index contributed by atoms with van der Waals surface area (Å²) in [4.78, 5) is 98.1. The highest BCUT2D eigenvalue weighted by molar-refractivity contribution is 7.99. The molecule has 0 unspecified atom stereocenters. The molecule has 1 aromatic carbocycles. The average molecular weight is 919 g/mol. The van der Waals surface area contributed by atoms with Gasteiger partial charge in [0.1, 0.15) is 48.4 Å². The number of alkyl halides is 1. The zero-order valence-electron chi connectivity index (χ0n) is 36.0. The molecule has 2 aliphatic heterocycles. The van der Waals surface area contributed by atoms with Crippen LogP contribution in [0.4, 0.5) is 0 Å². The Hall–Kier alpha value is -4.11. The van der Waals surface area contributed by atoms with Gasteiger partial charge in [-0.05, 0) is 54.2 Å². The van der Waals surface area contributed by atoms with E-state index in [1.54, 1.807) is 0 Å². The third-order valence-corrected chi connectivity index (χ3v) is 12.4. The van der Waals surface area contributed by atoms with Gasteiger partial charge in [0.25, 0.3) is 0 Å². The summed E-state index contributed by atoms with van der Waals surface area (Å²) < 4.78 is 45.7. The molecule has 1 aromatic rings. The molecule has 2 amide bonds. The van der Waals surface area contributed by atoms with Crippen LogP contribution in [0.25, 0.3) is 0 Å². The van der Waals surface area contributed by atoms with Crippen LogP contribution in [0.2, 0.25) is 0 Å². The normalized spacial score (nSPS) is 25.9. The number of nitrogens with one attached hydrogen (secondary N) is 2. The molecule has 10 atom stereocenters. The number of carbonyl (C=O) groups excluding carboxylic acids is 8. The van der Waals surface area contributed by atoms with Crippen molar-refractivity contribution in [2.45, 2.75) is 153 Å². The fraction of sp³-hybridized carbons (Fsp3) is 0.650. The van der Waals surface area contributed by atoms with Gasteiger partial charge in [0.05, 0.1) is 0 Å². The van der Waals surface area contributed by atoms with Crippen molar-refractivity contribution >= 4 is 82.8 Å². The Kier molecular flexibility index (Phi) is 19.6. The molecule has 21 heteroatoms. The van der Waals surface area contributed by atoms with Crippen molar-refractivity contribution in [2.24, 2.45) is 0 Å². The van der Waals surface area contributed by atoms with Crippen LogP contribution < -0.4 is 10.6 Å². The molecule has 0 spiro atoms. The second-order valence-electron chi connectivity index (χ2n) is 14.5. The van der Waals surface area contributed by atoms with Crippen LogP contribution in [0, 0.1) is 20.8 Å². The molecule has 2 heterocycles. The maximum absolute atomic E-state index is 12.6. The van der Waals surface area contributed by atoms with Gasteiger partial charge >= 0.3 is 35.8 Å². The number of ether oxygens (including phenoxy) is 8. The number of hydrogen-bond acceptors (Lipinski definition) is 18. The van der Waals surface area contributed by atoms with E-state index < -0.39 is 107 Å². The summed E-state index contributed by atoms with van der Waals surface area (Å²) in [5.41, 5.74) is 3.33. The lowest BCUT2D eigenvalue weighted by atomic mass is 9.90. The smallest absolute Gasteiger partial charge is 0.303 e. The number of rotatable bonds is 17. The van der Waals surface area contributed by atoms with Gasteiger partial charge in [-0.15, -0.1) is 35.1 Å². The van der Waals surface area contributed by atoms with Gasteiger partial charge in [-0.25, -0.2) is 0 Å². The van der Waals surface area contributed by atoms with Gasteiger partial charge in [-0.3, -0.25) is 38.4 Å². The molecular formula is C40H55ClN2O16S2. The van der Waals surface area contributed by atoms with Crippen molar-refractivity contribution in [3.05, 3.63) is 33.4 Å². The molecule has 0 saturated carbocycles. The molecular weight excluding hydrogens is 864 g/mol. The van der Waals surface area contributed by atoms with Crippen LogP contribution in [0.5, 0.6) is 0 Å². The van der Waals surface area contributed by atoms with E-state index in [-0.39, 0.29) is 30.6 Å². The lowest BCUT2D eigenvalue weighted by Gasteiger charge is -2.45. The second-order valence-corrected chi connectivity index (χ2v) is 16.9. The zero-order chi connectivity index (χ0) is 45.9. The molecule has 61 heavy (non-hydrogen) atoms. The Balaban J connectivity index is 2.08. The molecule has 340 valence electrons. The number of esters is 6. The minimum atomic E-state index is -1.24. The van der Waals surface area contributed by atoms with Gasteiger partial charge in [0.2, 0.25) is 11.8 Å². The van der Waals surface area contributed by atoms with Crippen LogP contribution in [0.1, 0.15) is 88.8 Å². The minimum absolute atomic E-state index is 0.141. The van der Waals surface area contributed by atoms with Crippen LogP contribution in [-0.4, -0.2) is 120 Å². The molecule has 0 aromatic heterocycles. The first-order chi connectivity index (χ1) is 28.5. The molecule has 2 aliphatic rings. The van der Waals surface area contributed by atoms with Gasteiger partial charge in [0, 0.05) is 72.8 Å². The Morgan fingerprint density at radius 3 is 1.10 bits per heavy atom. The standard InChI is InChI=1S/C40H55ClN2O16S2/c1-17-28(12-41)18(2)30(16-61-40-34(43-21(5)45)38(57-27(11)51)36(55-25(9)49)32(59-40)14-53-23(7)47)19(3)29(17)15-60-39-33(42-20(4)44)37(56-26(10)50)35(54-24(8)48)31(58-39)13-52-22(6)46/h31-40H,12-16H2,1-11H3,(H,42,44)(H,43,45)/t31-,32-,33-,34-,35-,36-,37-,38-,39+,40+/m1/s1. The second kappa shape index (κ2) is 23.4. The first kappa shape index (κ1) is 51.2. The van der Waals surface area contributed by atoms with Gasteiger partial charge < -0.3 is 48.5 Å². The molecule has 2 saturated heterocycles. The van der Waals surface area contributed by atoms with Crippen LogP contribution >= 0.6 is 35.1 Å². The van der Waals surface area contributed by atoms with Gasteiger partial charge in [-0.1, -0.05) is 0 Å². The van der Waals surface area contributed by atoms with E-state index in [1.165, 1.54) is 65.1 Å². The maximum Gasteiger partial charge on any atom is 0.303 e. The summed E-state index contributed by atoms with van der Waals surface area (Å²) in [5, 5.41) is 5.58. The van der Waals surface area contributed by atoms with E-state index in [4.69, 9.17) is 49.5 Å².